The first-order valence-corrected chi connectivity index (χ1v) is 33.7. The molecule has 3 atom stereocenters. The van der Waals surface area contributed by atoms with Crippen molar-refractivity contribution in [2.45, 2.75) is 76.7 Å². The number of carbonyl (C=O) groups is 5. The molecule has 3 unspecified atom stereocenters. The summed E-state index contributed by atoms with van der Waals surface area (Å²) in [5.41, 5.74) is 2.39. The average Bonchev–Trinajstić information content (AvgIpc) is 3.75. The number of hydrogen-bond acceptors (Lipinski definition) is 14. The summed E-state index contributed by atoms with van der Waals surface area (Å²) in [7, 11) is 0. The predicted octanol–water partition coefficient (Wildman–Crippen LogP) is 5.51. The number of halogens is 1. The molecule has 4 saturated heterocycles. The predicted molar refractivity (Wildman–Crippen MR) is 265 cm³/mol. The Morgan fingerprint density at radius 3 is 2.39 bits per heavy atom. The summed E-state index contributed by atoms with van der Waals surface area (Å²) in [5, 5.41) is 4.41. The van der Waals surface area contributed by atoms with Gasteiger partial charge < -0.3 is 4.74 Å². The number of aromatic nitrogens is 3. The number of fused-ring (bicyclic) bond motifs is 5. The van der Waals surface area contributed by atoms with Crippen LogP contribution in [0.3, 0.4) is 0 Å². The fourth-order valence-corrected chi connectivity index (χ4v) is 13.8. The minimum absolute atomic E-state index is 0.0416. The number of amides is 5. The third-order valence-electron chi connectivity index (χ3n) is 13.5. The fourth-order valence-electron chi connectivity index (χ4n) is 10.3. The summed E-state index contributed by atoms with van der Waals surface area (Å²) < 4.78 is 33.8. The zero-order chi connectivity index (χ0) is 48.8. The Morgan fingerprint density at radius 1 is 0.929 bits per heavy atom. The number of benzene rings is 3. The van der Waals surface area contributed by atoms with E-state index in [9.17, 15) is 24.0 Å². The van der Waals surface area contributed by atoms with Crippen LogP contribution in [0.5, 0.6) is 6.01 Å². The number of anilines is 1. The number of ether oxygens (including phenoxy) is 2. The van der Waals surface area contributed by atoms with Gasteiger partial charge in [-0.25, -0.2) is 4.79 Å². The molecule has 3 aromatic carbocycles. The van der Waals surface area contributed by atoms with Gasteiger partial charge in [0.05, 0.1) is 23.2 Å². The standard InChI is InChI=1S/C50H49FN9O7.PS.Tl/c1-5-30-8-6-9-31-10-7-11-35(40(30)31)42-41(51)43-37(25-52-42)44(58-27-32-13-14-33(28-58)59(32)49(65)67-50(2,3)4)55-48(54-43)66-23-22-56-18-20-57(21-19-56)26-29-12-15-34-36(24-29)47(64)60(46(34)63)38-16-17-39(61)53-45(38)62;1-2;/h6-12,15,24-25,32-33,38H,13-14,16-23,26-28H2,2-4H3,(H,53,61,62);;/q;-1;+2. The van der Waals surface area contributed by atoms with Crippen LogP contribution in [-0.4, -0.2) is 164 Å². The molecule has 5 aromatic rings. The Hall–Kier alpha value is -5.46. The van der Waals surface area contributed by atoms with E-state index in [-0.39, 0.29) is 66.0 Å². The van der Waals surface area contributed by atoms with Crippen LogP contribution in [-0.2, 0) is 32.7 Å². The van der Waals surface area contributed by atoms with Gasteiger partial charge in [0.1, 0.15) is 11.6 Å². The molecule has 0 aliphatic carbocycles. The van der Waals surface area contributed by atoms with E-state index in [1.54, 1.807) is 18.3 Å². The zero-order valence-electron chi connectivity index (χ0n) is 38.9. The molecule has 10 rings (SSSR count). The third kappa shape index (κ3) is 9.67. The molecule has 7 heterocycles. The molecule has 5 amide bonds. The summed E-state index contributed by atoms with van der Waals surface area (Å²) in [5.74, 6) is 1.12. The minimum atomic E-state index is -1.38. The third-order valence-corrected chi connectivity index (χ3v) is 19.8. The number of imide groups is 2. The van der Waals surface area contributed by atoms with Crippen LogP contribution in [0, 0.1) is 15.2 Å². The first-order chi connectivity index (χ1) is 33.7. The molecule has 5 aliphatic heterocycles. The first kappa shape index (κ1) is 48.2. The second kappa shape index (κ2) is 20.0. The quantitative estimate of drug-likeness (QED) is 0.0849. The maximum absolute atomic E-state index is 17.4. The molecule has 356 valence electrons. The number of hydrogen-bond donors (Lipinski definition) is 1. The summed E-state index contributed by atoms with van der Waals surface area (Å²) in [6, 6.07) is 15.6. The fraction of sp³-hybridized carbons (Fsp3) is 0.400. The molecule has 70 heavy (non-hydrogen) atoms. The van der Waals surface area contributed by atoms with Gasteiger partial charge in [-0.1, -0.05) is 6.07 Å². The molecule has 5 aliphatic rings. The van der Waals surface area contributed by atoms with Crippen molar-refractivity contribution in [2.24, 2.45) is 0 Å². The van der Waals surface area contributed by atoms with Crippen molar-refractivity contribution in [2.75, 3.05) is 57.3 Å². The Balaban J connectivity index is 0.861. The first-order valence-electron chi connectivity index (χ1n) is 23.5. The van der Waals surface area contributed by atoms with Gasteiger partial charge in [-0.2, -0.15) is 0 Å². The van der Waals surface area contributed by atoms with Crippen LogP contribution < -0.4 is 15.0 Å². The van der Waals surface area contributed by atoms with Gasteiger partial charge in [-0.3, -0.25) is 44.1 Å². The number of carbonyl (C=O) groups excluding carboxylic acids is 5. The average molecular weight is 1170 g/mol. The number of nitrogens with one attached hydrogen (secondary N) is 1. The van der Waals surface area contributed by atoms with E-state index in [2.05, 4.69) is 29.4 Å². The van der Waals surface area contributed by atoms with Gasteiger partial charge >= 0.3 is 202 Å². The zero-order valence-corrected chi connectivity index (χ0v) is 45.1. The van der Waals surface area contributed by atoms with Gasteiger partial charge in [0.2, 0.25) is 11.8 Å². The van der Waals surface area contributed by atoms with Crippen molar-refractivity contribution in [3.8, 4) is 26.7 Å². The summed E-state index contributed by atoms with van der Waals surface area (Å²) >= 11 is 3.81. The second-order valence-electron chi connectivity index (χ2n) is 19.2. The van der Waals surface area contributed by atoms with E-state index in [4.69, 9.17) is 36.2 Å². The molecular formula is C50H49FN9O7PSTl+. The summed E-state index contributed by atoms with van der Waals surface area (Å²) in [6.07, 6.45) is 3.08. The van der Waals surface area contributed by atoms with Crippen LogP contribution in [0.15, 0.2) is 60.8 Å². The monoisotopic (exact) mass is 1170 g/mol. The van der Waals surface area contributed by atoms with E-state index in [0.717, 1.165) is 69.8 Å². The number of piperazine rings is 2. The molecule has 0 saturated carbocycles. The van der Waals surface area contributed by atoms with Gasteiger partial charge in [0, 0.05) is 45.7 Å². The maximum atomic E-state index is 17.4. The van der Waals surface area contributed by atoms with E-state index in [1.165, 1.54) is 0 Å². The van der Waals surface area contributed by atoms with Crippen LogP contribution in [0.25, 0.3) is 32.9 Å². The number of pyridine rings is 1. The molecule has 0 spiro atoms. The molecule has 16 nitrogen and oxygen atoms in total. The van der Waals surface area contributed by atoms with Crippen LogP contribution in [0.1, 0.15) is 78.3 Å². The van der Waals surface area contributed by atoms with Gasteiger partial charge in [0.25, 0.3) is 11.8 Å². The number of piperidine rings is 1. The topological polar surface area (TPSA) is 171 Å². The van der Waals surface area contributed by atoms with Crippen molar-refractivity contribution in [3.63, 3.8) is 0 Å². The normalized spacial score (nSPS) is 20.6. The van der Waals surface area contributed by atoms with E-state index in [1.807, 2.05) is 68.1 Å². The number of nitrogens with zero attached hydrogens (tertiary/aromatic N) is 8. The molecule has 20 heteroatoms. The van der Waals surface area contributed by atoms with Crippen molar-refractivity contribution in [3.05, 3.63) is 88.9 Å². The number of rotatable bonds is 9. The Labute approximate surface area is 420 Å². The van der Waals surface area contributed by atoms with Crippen molar-refractivity contribution in [1.82, 2.24) is 39.9 Å². The van der Waals surface area contributed by atoms with E-state index < -0.39 is 64.2 Å². The van der Waals surface area contributed by atoms with E-state index >= 15 is 4.39 Å². The molecule has 4 fully saturated rings. The van der Waals surface area contributed by atoms with Crippen molar-refractivity contribution >= 4 is 96.1 Å². The summed E-state index contributed by atoms with van der Waals surface area (Å²) in [4.78, 5) is 88.2. The Bertz CT molecular complexity index is 3110. The van der Waals surface area contributed by atoms with Gasteiger partial charge in [-0.15, -0.1) is 0 Å². The van der Waals surface area contributed by atoms with Crippen LogP contribution >= 0.6 is 4.00 Å². The molecule has 2 bridgehead atoms. The van der Waals surface area contributed by atoms with Crippen molar-refractivity contribution in [1.29, 1.82) is 0 Å². The van der Waals surface area contributed by atoms with E-state index in [0.29, 0.717) is 42.9 Å². The SMILES string of the molecule is CC(C)(C)OC(=O)N1C2CCC1CN(c1nc(OCCN3CCN(Cc4ccc5c(c4)C(=O)N(C4CCC(=O)NC4=O)C5=O)CC3)nc3c(F)c(-c4cccc5cccc(C#[C][Tl]=[P+]=S)c45)ncc13)C2. The molecular weight excluding hydrogens is 1130 g/mol. The molecule has 1 N–H and O–H groups in total. The molecule has 2 aromatic heterocycles. The Morgan fingerprint density at radius 2 is 1.66 bits per heavy atom. The van der Waals surface area contributed by atoms with Crippen LogP contribution in [0.4, 0.5) is 15.0 Å². The van der Waals surface area contributed by atoms with Gasteiger partial charge in [-0.05, 0) is 57.7 Å². The summed E-state index contributed by atoms with van der Waals surface area (Å²) in [6.45, 7) is 10.8. The second-order valence-corrected chi connectivity index (χ2v) is 31.8. The van der Waals surface area contributed by atoms with Gasteiger partial charge in [0.15, 0.2) is 0 Å². The Kier molecular flexibility index (Phi) is 13.8. The molecule has 0 radical (unpaired) electrons. The van der Waals surface area contributed by atoms with Crippen molar-refractivity contribution < 1.29 is 37.8 Å². The van der Waals surface area contributed by atoms with Crippen LogP contribution in [0.2, 0.25) is 0 Å².